The highest BCUT2D eigenvalue weighted by atomic mass is 32.1. The Morgan fingerprint density at radius 2 is 2.24 bits per heavy atom. The number of anilines is 1. The third kappa shape index (κ3) is 1.78. The molecule has 0 aliphatic carbocycles. The van der Waals surface area contributed by atoms with Crippen LogP contribution in [0.25, 0.3) is 0 Å². The molecule has 1 unspecified atom stereocenters. The summed E-state index contributed by atoms with van der Waals surface area (Å²) in [6, 6.07) is 7.56. The summed E-state index contributed by atoms with van der Waals surface area (Å²) in [4.78, 5) is 16.0. The van der Waals surface area contributed by atoms with Crippen LogP contribution in [-0.4, -0.2) is 11.0 Å². The molecule has 1 aliphatic rings. The molecule has 0 fully saturated rings. The Morgan fingerprint density at radius 1 is 1.41 bits per heavy atom. The fraction of sp³-hybridized carbons (Fsp3) is 0.167. The topological polar surface area (TPSA) is 65.2 Å². The lowest BCUT2D eigenvalue weighted by atomic mass is 9.94. The number of fused-ring (bicyclic) bond motifs is 1. The van der Waals surface area contributed by atoms with Crippen LogP contribution in [0, 0.1) is 0 Å². The zero-order chi connectivity index (χ0) is 11.8. The molecular formula is C12H10N2O2S. The molecule has 0 bridgehead atoms. The van der Waals surface area contributed by atoms with Crippen LogP contribution in [0.1, 0.15) is 17.2 Å². The van der Waals surface area contributed by atoms with Gasteiger partial charge < -0.3 is 10.5 Å². The van der Waals surface area contributed by atoms with Crippen LogP contribution in [0.15, 0.2) is 29.6 Å². The van der Waals surface area contributed by atoms with Gasteiger partial charge in [0.15, 0.2) is 5.13 Å². The number of nitrogens with zero attached hydrogens (tertiary/aromatic N) is 1. The molecule has 0 saturated heterocycles. The summed E-state index contributed by atoms with van der Waals surface area (Å²) >= 11 is 1.34. The number of rotatable bonds is 1. The molecule has 17 heavy (non-hydrogen) atoms. The summed E-state index contributed by atoms with van der Waals surface area (Å²) in [6.45, 7) is 0. The zero-order valence-corrected chi connectivity index (χ0v) is 9.74. The molecule has 2 N–H and O–H groups in total. The second-order valence-corrected chi connectivity index (χ2v) is 4.79. The van der Waals surface area contributed by atoms with Crippen LogP contribution in [0.3, 0.4) is 0 Å². The van der Waals surface area contributed by atoms with Crippen molar-refractivity contribution in [3.05, 3.63) is 40.9 Å². The average molecular weight is 246 g/mol. The minimum absolute atomic E-state index is 0.256. The van der Waals surface area contributed by atoms with Crippen molar-refractivity contribution in [2.24, 2.45) is 0 Å². The standard InChI is InChI=1S/C12H10N2O2S/c13-12-14-9(6-17-12)8-5-7-3-1-2-4-10(7)16-11(8)15/h1-4,6,8H,5H2,(H2,13,14). The van der Waals surface area contributed by atoms with Crippen molar-refractivity contribution in [1.29, 1.82) is 0 Å². The summed E-state index contributed by atoms with van der Waals surface area (Å²) in [7, 11) is 0. The molecule has 0 saturated carbocycles. The van der Waals surface area contributed by atoms with Gasteiger partial charge in [0, 0.05) is 5.38 Å². The van der Waals surface area contributed by atoms with Gasteiger partial charge in [-0.2, -0.15) is 0 Å². The van der Waals surface area contributed by atoms with E-state index in [9.17, 15) is 4.79 Å². The number of nitrogens with two attached hydrogens (primary N) is 1. The minimum atomic E-state index is -0.335. The van der Waals surface area contributed by atoms with E-state index in [0.717, 1.165) is 5.56 Å². The van der Waals surface area contributed by atoms with E-state index in [4.69, 9.17) is 10.5 Å². The van der Waals surface area contributed by atoms with Gasteiger partial charge in [-0.05, 0) is 18.1 Å². The first kappa shape index (κ1) is 10.3. The predicted molar refractivity (Wildman–Crippen MR) is 65.0 cm³/mol. The highest BCUT2D eigenvalue weighted by Gasteiger charge is 2.31. The molecule has 1 atom stereocenters. The normalized spacial score (nSPS) is 18.6. The molecule has 5 heteroatoms. The van der Waals surface area contributed by atoms with Gasteiger partial charge in [-0.15, -0.1) is 11.3 Å². The average Bonchev–Trinajstić information content (AvgIpc) is 2.75. The summed E-state index contributed by atoms with van der Waals surface area (Å²) in [6.07, 6.45) is 0.623. The van der Waals surface area contributed by atoms with Gasteiger partial charge in [0.05, 0.1) is 5.69 Å². The number of para-hydroxylation sites is 1. The monoisotopic (exact) mass is 246 g/mol. The molecule has 0 radical (unpaired) electrons. The molecule has 0 amide bonds. The maximum Gasteiger partial charge on any atom is 0.320 e. The number of nitrogen functional groups attached to an aromatic ring is 1. The first-order valence-electron chi connectivity index (χ1n) is 5.24. The number of aromatic nitrogens is 1. The summed E-state index contributed by atoms with van der Waals surface area (Å²) in [5, 5.41) is 2.29. The summed E-state index contributed by atoms with van der Waals surface area (Å²) < 4.78 is 5.29. The number of benzene rings is 1. The fourth-order valence-corrected chi connectivity index (χ4v) is 2.56. The Labute approximate surface area is 102 Å². The molecule has 1 aromatic carbocycles. The summed E-state index contributed by atoms with van der Waals surface area (Å²) in [5.74, 6) is 0.0596. The third-order valence-corrected chi connectivity index (χ3v) is 3.48. The smallest absolute Gasteiger partial charge is 0.320 e. The maximum atomic E-state index is 11.9. The molecule has 86 valence electrons. The lowest BCUT2D eigenvalue weighted by Crippen LogP contribution is -2.26. The number of ether oxygens (including phenoxy) is 1. The van der Waals surface area contributed by atoms with Gasteiger partial charge in [-0.3, -0.25) is 4.79 Å². The van der Waals surface area contributed by atoms with E-state index >= 15 is 0 Å². The van der Waals surface area contributed by atoms with Crippen molar-refractivity contribution >= 4 is 22.4 Å². The predicted octanol–water partition coefficient (Wildman–Crippen LogP) is 1.97. The molecule has 1 aliphatic heterocycles. The van der Waals surface area contributed by atoms with Crippen molar-refractivity contribution in [2.45, 2.75) is 12.3 Å². The van der Waals surface area contributed by atoms with Gasteiger partial charge in [-0.25, -0.2) is 4.98 Å². The SMILES string of the molecule is Nc1nc(C2Cc3ccccc3OC2=O)cs1. The van der Waals surface area contributed by atoms with Crippen LogP contribution in [0.2, 0.25) is 0 Å². The maximum absolute atomic E-state index is 11.9. The molecule has 3 rings (SSSR count). The number of hydrogen-bond donors (Lipinski definition) is 1. The molecule has 2 aromatic rings. The second kappa shape index (κ2) is 3.85. The number of hydrogen-bond acceptors (Lipinski definition) is 5. The highest BCUT2D eigenvalue weighted by molar-refractivity contribution is 7.13. The van der Waals surface area contributed by atoms with Gasteiger partial charge >= 0.3 is 5.97 Å². The van der Waals surface area contributed by atoms with E-state index in [1.54, 1.807) is 6.07 Å². The lowest BCUT2D eigenvalue weighted by Gasteiger charge is -2.21. The molecular weight excluding hydrogens is 236 g/mol. The number of carbonyl (C=O) groups excluding carboxylic acids is 1. The number of esters is 1. The quantitative estimate of drug-likeness (QED) is 0.617. The van der Waals surface area contributed by atoms with E-state index in [0.29, 0.717) is 23.0 Å². The van der Waals surface area contributed by atoms with Crippen molar-refractivity contribution in [2.75, 3.05) is 5.73 Å². The second-order valence-electron chi connectivity index (χ2n) is 3.90. The Kier molecular flexibility index (Phi) is 2.33. The van der Waals surface area contributed by atoms with E-state index in [1.165, 1.54) is 11.3 Å². The van der Waals surface area contributed by atoms with Crippen LogP contribution in [0.5, 0.6) is 5.75 Å². The highest BCUT2D eigenvalue weighted by Crippen LogP contribution is 2.33. The van der Waals surface area contributed by atoms with Gasteiger partial charge in [0.1, 0.15) is 11.7 Å². The van der Waals surface area contributed by atoms with Crippen LogP contribution in [-0.2, 0) is 11.2 Å². The Hall–Kier alpha value is -1.88. The van der Waals surface area contributed by atoms with Crippen LogP contribution < -0.4 is 10.5 Å². The first-order valence-corrected chi connectivity index (χ1v) is 6.12. The molecule has 2 heterocycles. The number of thiazole rings is 1. The minimum Gasteiger partial charge on any atom is -0.426 e. The van der Waals surface area contributed by atoms with Gasteiger partial charge in [0.25, 0.3) is 0 Å². The van der Waals surface area contributed by atoms with Crippen molar-refractivity contribution < 1.29 is 9.53 Å². The molecule has 1 aromatic heterocycles. The van der Waals surface area contributed by atoms with E-state index < -0.39 is 0 Å². The van der Waals surface area contributed by atoms with Crippen molar-refractivity contribution in [3.8, 4) is 5.75 Å². The van der Waals surface area contributed by atoms with Gasteiger partial charge in [-0.1, -0.05) is 18.2 Å². The summed E-state index contributed by atoms with van der Waals surface area (Å²) in [5.41, 5.74) is 7.31. The van der Waals surface area contributed by atoms with E-state index in [-0.39, 0.29) is 11.9 Å². The first-order chi connectivity index (χ1) is 8.24. The van der Waals surface area contributed by atoms with Crippen LogP contribution in [0.4, 0.5) is 5.13 Å². The Morgan fingerprint density at radius 3 is 3.00 bits per heavy atom. The van der Waals surface area contributed by atoms with E-state index in [1.807, 2.05) is 23.6 Å². The molecule has 4 nitrogen and oxygen atoms in total. The van der Waals surface area contributed by atoms with Crippen LogP contribution >= 0.6 is 11.3 Å². The van der Waals surface area contributed by atoms with Crippen molar-refractivity contribution in [1.82, 2.24) is 4.98 Å². The lowest BCUT2D eigenvalue weighted by molar-refractivity contribution is -0.137. The largest absolute Gasteiger partial charge is 0.426 e. The van der Waals surface area contributed by atoms with E-state index in [2.05, 4.69) is 4.98 Å². The third-order valence-electron chi connectivity index (χ3n) is 2.79. The Bertz CT molecular complexity index is 579. The van der Waals surface area contributed by atoms with Crippen molar-refractivity contribution in [3.63, 3.8) is 0 Å². The zero-order valence-electron chi connectivity index (χ0n) is 8.92. The van der Waals surface area contributed by atoms with Gasteiger partial charge in [0.2, 0.25) is 0 Å². The molecule has 0 spiro atoms. The number of carbonyl (C=O) groups is 1. The fourth-order valence-electron chi connectivity index (χ4n) is 1.94. The Balaban J connectivity index is 1.97.